The first-order valence-corrected chi connectivity index (χ1v) is 6.34. The molecule has 0 bridgehead atoms. The largest absolute Gasteiger partial charge is 0.295 e. The Bertz CT molecular complexity index is 775. The third-order valence-electron chi connectivity index (χ3n) is 3.22. The molecule has 1 aromatic heterocycles. The average Bonchev–Trinajstić information content (AvgIpc) is 2.82. The fourth-order valence-corrected chi connectivity index (χ4v) is 2.15. The second-order valence-corrected chi connectivity index (χ2v) is 4.78. The molecule has 3 rings (SSSR count). The zero-order valence-corrected chi connectivity index (χ0v) is 11.0. The van der Waals surface area contributed by atoms with Crippen molar-refractivity contribution in [2.75, 3.05) is 0 Å². The van der Waals surface area contributed by atoms with Gasteiger partial charge in [-0.1, -0.05) is 12.1 Å². The molecule has 0 saturated carbocycles. The molecular weight excluding hydrogens is 255 g/mol. The van der Waals surface area contributed by atoms with Crippen molar-refractivity contribution in [2.24, 2.45) is 0 Å². The van der Waals surface area contributed by atoms with Crippen LogP contribution in [0.4, 0.5) is 4.39 Å². The number of fused-ring (bicyclic) bond motifs is 1. The van der Waals surface area contributed by atoms with Crippen molar-refractivity contribution in [2.45, 2.75) is 13.5 Å². The molecule has 4 heteroatoms. The van der Waals surface area contributed by atoms with E-state index in [9.17, 15) is 9.18 Å². The van der Waals surface area contributed by atoms with Crippen LogP contribution in [-0.4, -0.2) is 15.6 Å². The lowest BCUT2D eigenvalue weighted by atomic mass is 10.1. The van der Waals surface area contributed by atoms with E-state index in [2.05, 4.69) is 5.10 Å². The molecule has 0 unspecified atom stereocenters. The van der Waals surface area contributed by atoms with Crippen LogP contribution in [0.5, 0.6) is 0 Å². The monoisotopic (exact) mass is 268 g/mol. The number of Topliss-reactive ketones (excluding diaryl/α,β-unsaturated/α-hetero) is 1. The number of aromatic nitrogens is 2. The molecule has 0 aliphatic carbocycles. The molecule has 1 heterocycles. The summed E-state index contributed by atoms with van der Waals surface area (Å²) in [6.45, 7) is 2.12. The van der Waals surface area contributed by atoms with E-state index < -0.39 is 0 Å². The van der Waals surface area contributed by atoms with Crippen LogP contribution in [0.25, 0.3) is 10.9 Å². The van der Waals surface area contributed by atoms with Gasteiger partial charge in [-0.05, 0) is 42.8 Å². The van der Waals surface area contributed by atoms with E-state index in [0.717, 1.165) is 16.5 Å². The highest BCUT2D eigenvalue weighted by atomic mass is 19.1. The summed E-state index contributed by atoms with van der Waals surface area (Å²) in [5, 5.41) is 5.37. The van der Waals surface area contributed by atoms with Gasteiger partial charge in [0.05, 0.1) is 12.1 Å². The van der Waals surface area contributed by atoms with Crippen LogP contribution in [0.1, 0.15) is 22.8 Å². The van der Waals surface area contributed by atoms with Crippen LogP contribution in [-0.2, 0) is 6.54 Å². The smallest absolute Gasteiger partial charge is 0.159 e. The number of rotatable bonds is 3. The Morgan fingerprint density at radius 1 is 1.20 bits per heavy atom. The summed E-state index contributed by atoms with van der Waals surface area (Å²) in [6.07, 6.45) is 1.89. The van der Waals surface area contributed by atoms with Crippen LogP contribution in [0.15, 0.2) is 48.7 Å². The lowest BCUT2D eigenvalue weighted by Crippen LogP contribution is -1.99. The third kappa shape index (κ3) is 2.45. The molecule has 0 amide bonds. The van der Waals surface area contributed by atoms with Gasteiger partial charge in [0, 0.05) is 17.1 Å². The van der Waals surface area contributed by atoms with E-state index in [0.29, 0.717) is 12.1 Å². The summed E-state index contributed by atoms with van der Waals surface area (Å²) >= 11 is 0. The van der Waals surface area contributed by atoms with Crippen LogP contribution < -0.4 is 0 Å². The number of benzene rings is 2. The van der Waals surface area contributed by atoms with Gasteiger partial charge in [-0.2, -0.15) is 5.10 Å². The van der Waals surface area contributed by atoms with Crippen molar-refractivity contribution >= 4 is 16.7 Å². The maximum absolute atomic E-state index is 12.9. The second-order valence-electron chi connectivity index (χ2n) is 4.78. The van der Waals surface area contributed by atoms with E-state index in [4.69, 9.17) is 0 Å². The molecule has 0 aliphatic rings. The van der Waals surface area contributed by atoms with Gasteiger partial charge in [0.25, 0.3) is 0 Å². The maximum atomic E-state index is 12.9. The van der Waals surface area contributed by atoms with E-state index >= 15 is 0 Å². The Labute approximate surface area is 115 Å². The van der Waals surface area contributed by atoms with Crippen molar-refractivity contribution < 1.29 is 9.18 Å². The Balaban J connectivity index is 1.92. The molecular formula is C16H13FN2O. The standard InChI is InChI=1S/C16H13FN2O/c1-11(20)13-4-7-16-14(8-13)10-19(18-16)9-12-2-5-15(17)6-3-12/h2-8,10H,9H2,1H3. The second kappa shape index (κ2) is 4.89. The lowest BCUT2D eigenvalue weighted by Gasteiger charge is -2.00. The summed E-state index contributed by atoms with van der Waals surface area (Å²) in [4.78, 5) is 11.4. The van der Waals surface area contributed by atoms with Crippen molar-refractivity contribution in [1.29, 1.82) is 0 Å². The minimum Gasteiger partial charge on any atom is -0.295 e. The van der Waals surface area contributed by atoms with E-state index in [1.165, 1.54) is 12.1 Å². The van der Waals surface area contributed by atoms with Crippen LogP contribution >= 0.6 is 0 Å². The quantitative estimate of drug-likeness (QED) is 0.682. The third-order valence-corrected chi connectivity index (χ3v) is 3.22. The number of carbonyl (C=O) groups is 1. The molecule has 0 N–H and O–H groups in total. The maximum Gasteiger partial charge on any atom is 0.159 e. The Hall–Kier alpha value is -2.49. The average molecular weight is 268 g/mol. The van der Waals surface area contributed by atoms with Gasteiger partial charge in [0.2, 0.25) is 0 Å². The Morgan fingerprint density at radius 2 is 1.95 bits per heavy atom. The summed E-state index contributed by atoms with van der Waals surface area (Å²) in [6, 6.07) is 11.8. The predicted molar refractivity (Wildman–Crippen MR) is 75.2 cm³/mol. The van der Waals surface area contributed by atoms with E-state index in [-0.39, 0.29) is 11.6 Å². The molecule has 2 aromatic carbocycles. The molecule has 0 aliphatic heterocycles. The summed E-state index contributed by atoms with van der Waals surface area (Å²) in [5.41, 5.74) is 2.50. The van der Waals surface area contributed by atoms with Gasteiger partial charge in [0.15, 0.2) is 5.78 Å². The van der Waals surface area contributed by atoms with Crippen LogP contribution in [0.2, 0.25) is 0 Å². The Morgan fingerprint density at radius 3 is 2.65 bits per heavy atom. The van der Waals surface area contributed by atoms with Gasteiger partial charge < -0.3 is 0 Å². The highest BCUT2D eigenvalue weighted by Crippen LogP contribution is 2.16. The van der Waals surface area contributed by atoms with Gasteiger partial charge in [0.1, 0.15) is 5.82 Å². The van der Waals surface area contributed by atoms with Crippen molar-refractivity contribution in [3.05, 3.63) is 65.6 Å². The molecule has 0 saturated heterocycles. The minimum atomic E-state index is -0.245. The van der Waals surface area contributed by atoms with Crippen molar-refractivity contribution in [1.82, 2.24) is 9.78 Å². The van der Waals surface area contributed by atoms with Crippen LogP contribution in [0, 0.1) is 5.82 Å². The number of hydrogen-bond acceptors (Lipinski definition) is 2. The Kier molecular flexibility index (Phi) is 3.06. The topological polar surface area (TPSA) is 34.9 Å². The molecule has 0 radical (unpaired) electrons. The molecule has 20 heavy (non-hydrogen) atoms. The molecule has 0 atom stereocenters. The molecule has 100 valence electrons. The number of nitrogens with zero attached hydrogens (tertiary/aromatic N) is 2. The summed E-state index contributed by atoms with van der Waals surface area (Å²) < 4.78 is 14.7. The zero-order valence-electron chi connectivity index (χ0n) is 11.0. The number of halogens is 1. The predicted octanol–water partition coefficient (Wildman–Crippen LogP) is 3.43. The van der Waals surface area contributed by atoms with Gasteiger partial charge in [-0.3, -0.25) is 9.48 Å². The van der Waals surface area contributed by atoms with E-state index in [1.807, 2.05) is 18.3 Å². The molecule has 3 nitrogen and oxygen atoms in total. The van der Waals surface area contributed by atoms with Crippen LogP contribution in [0.3, 0.4) is 0 Å². The highest BCUT2D eigenvalue weighted by Gasteiger charge is 2.05. The first-order valence-electron chi connectivity index (χ1n) is 6.34. The number of carbonyl (C=O) groups excluding carboxylic acids is 1. The normalized spacial score (nSPS) is 10.9. The highest BCUT2D eigenvalue weighted by molar-refractivity contribution is 5.97. The molecule has 0 spiro atoms. The van der Waals surface area contributed by atoms with Gasteiger partial charge in [-0.25, -0.2) is 4.39 Å². The SMILES string of the molecule is CC(=O)c1ccc2nn(Cc3ccc(F)cc3)cc2c1. The number of hydrogen-bond donors (Lipinski definition) is 0. The van der Waals surface area contributed by atoms with E-state index in [1.54, 1.807) is 29.8 Å². The first-order chi connectivity index (χ1) is 9.61. The van der Waals surface area contributed by atoms with Crippen molar-refractivity contribution in [3.63, 3.8) is 0 Å². The first kappa shape index (κ1) is 12.5. The summed E-state index contributed by atoms with van der Waals surface area (Å²) in [5.74, 6) is -0.205. The minimum absolute atomic E-state index is 0.0400. The number of ketones is 1. The molecule has 0 fully saturated rings. The van der Waals surface area contributed by atoms with Gasteiger partial charge in [-0.15, -0.1) is 0 Å². The van der Waals surface area contributed by atoms with Crippen molar-refractivity contribution in [3.8, 4) is 0 Å². The fraction of sp³-hybridized carbons (Fsp3) is 0.125. The lowest BCUT2D eigenvalue weighted by molar-refractivity contribution is 0.101. The fourth-order valence-electron chi connectivity index (χ4n) is 2.15. The summed E-state index contributed by atoms with van der Waals surface area (Å²) in [7, 11) is 0. The zero-order chi connectivity index (χ0) is 14.1. The molecule has 3 aromatic rings. The van der Waals surface area contributed by atoms with Gasteiger partial charge >= 0.3 is 0 Å².